The van der Waals surface area contributed by atoms with Crippen LogP contribution in [0.1, 0.15) is 10.6 Å². The maximum Gasteiger partial charge on any atom is 0.287 e. The molecule has 2 heterocycles. The standard InChI is InChI=1S/C14H14N2O6S/c15-23(18,19)13-6-5-12(22-13)14(17)16-7-9-8-20-10-3-1-2-4-11(10)21-9/h1-6,9H,7-8H2,(H,16,17)(H2,15,18,19). The summed E-state index contributed by atoms with van der Waals surface area (Å²) in [4.78, 5) is 11.9. The Labute approximate surface area is 132 Å². The lowest BCUT2D eigenvalue weighted by Crippen LogP contribution is -2.40. The van der Waals surface area contributed by atoms with Crippen molar-refractivity contribution >= 4 is 15.9 Å². The molecule has 9 heteroatoms. The molecule has 1 atom stereocenters. The van der Waals surface area contributed by atoms with E-state index in [4.69, 9.17) is 19.0 Å². The van der Waals surface area contributed by atoms with Gasteiger partial charge in [0.15, 0.2) is 17.3 Å². The molecule has 8 nitrogen and oxygen atoms in total. The number of carbonyl (C=O) groups excluding carboxylic acids is 1. The maximum absolute atomic E-state index is 11.9. The molecule has 1 unspecified atom stereocenters. The SMILES string of the molecule is NS(=O)(=O)c1ccc(C(=O)NCC2COc3ccccc3O2)o1. The Morgan fingerprint density at radius 1 is 1.22 bits per heavy atom. The maximum atomic E-state index is 11.9. The van der Waals surface area contributed by atoms with Crippen molar-refractivity contribution in [3.8, 4) is 11.5 Å². The highest BCUT2D eigenvalue weighted by Gasteiger charge is 2.22. The van der Waals surface area contributed by atoms with E-state index in [1.54, 1.807) is 12.1 Å². The van der Waals surface area contributed by atoms with Crippen LogP contribution in [0, 0.1) is 0 Å². The summed E-state index contributed by atoms with van der Waals surface area (Å²) in [6, 6.07) is 9.59. The molecule has 1 aromatic carbocycles. The van der Waals surface area contributed by atoms with Crippen LogP contribution in [0.2, 0.25) is 0 Å². The molecule has 0 saturated heterocycles. The molecule has 1 amide bonds. The van der Waals surface area contributed by atoms with E-state index in [-0.39, 0.29) is 25.0 Å². The van der Waals surface area contributed by atoms with Gasteiger partial charge in [-0.05, 0) is 24.3 Å². The fourth-order valence-corrected chi connectivity index (χ4v) is 2.52. The number of furan rings is 1. The molecular weight excluding hydrogens is 324 g/mol. The van der Waals surface area contributed by atoms with Crippen LogP contribution in [0.25, 0.3) is 0 Å². The highest BCUT2D eigenvalue weighted by atomic mass is 32.2. The number of amides is 1. The van der Waals surface area contributed by atoms with Gasteiger partial charge in [-0.1, -0.05) is 12.1 Å². The number of carbonyl (C=O) groups is 1. The minimum atomic E-state index is -3.98. The zero-order valence-corrected chi connectivity index (χ0v) is 12.7. The number of hydrogen-bond donors (Lipinski definition) is 2. The third-order valence-corrected chi connectivity index (χ3v) is 3.92. The topological polar surface area (TPSA) is 121 Å². The van der Waals surface area contributed by atoms with E-state index >= 15 is 0 Å². The van der Waals surface area contributed by atoms with Gasteiger partial charge in [0.05, 0.1) is 6.54 Å². The number of nitrogens with two attached hydrogens (primary N) is 1. The van der Waals surface area contributed by atoms with E-state index < -0.39 is 21.0 Å². The van der Waals surface area contributed by atoms with Gasteiger partial charge >= 0.3 is 0 Å². The fourth-order valence-electron chi connectivity index (χ4n) is 2.05. The highest BCUT2D eigenvalue weighted by Crippen LogP contribution is 2.30. The first kappa shape index (κ1) is 15.4. The van der Waals surface area contributed by atoms with Gasteiger partial charge in [0.25, 0.3) is 15.9 Å². The van der Waals surface area contributed by atoms with Crippen molar-refractivity contribution in [2.24, 2.45) is 5.14 Å². The summed E-state index contributed by atoms with van der Waals surface area (Å²) in [6.45, 7) is 0.469. The second-order valence-electron chi connectivity index (χ2n) is 4.87. The summed E-state index contributed by atoms with van der Waals surface area (Å²) in [5.74, 6) is 0.542. The molecule has 0 bridgehead atoms. The first-order chi connectivity index (χ1) is 10.9. The van der Waals surface area contributed by atoms with Gasteiger partial charge < -0.3 is 19.2 Å². The van der Waals surface area contributed by atoms with Gasteiger partial charge in [0.2, 0.25) is 5.09 Å². The summed E-state index contributed by atoms with van der Waals surface area (Å²) in [5.41, 5.74) is 0. The number of fused-ring (bicyclic) bond motifs is 1. The smallest absolute Gasteiger partial charge is 0.287 e. The molecule has 1 aliphatic heterocycles. The molecule has 0 saturated carbocycles. The Morgan fingerprint density at radius 2 is 1.96 bits per heavy atom. The number of ether oxygens (including phenoxy) is 2. The van der Waals surface area contributed by atoms with E-state index in [0.717, 1.165) is 6.07 Å². The third-order valence-electron chi connectivity index (χ3n) is 3.14. The molecule has 0 aliphatic carbocycles. The predicted octanol–water partition coefficient (Wildman–Crippen LogP) is 0.497. The van der Waals surface area contributed by atoms with E-state index in [9.17, 15) is 13.2 Å². The molecule has 0 radical (unpaired) electrons. The van der Waals surface area contributed by atoms with Gasteiger partial charge in [-0.3, -0.25) is 4.79 Å². The van der Waals surface area contributed by atoms with Gasteiger partial charge in [0.1, 0.15) is 12.7 Å². The van der Waals surface area contributed by atoms with Crippen LogP contribution in [0.15, 0.2) is 45.9 Å². The first-order valence-electron chi connectivity index (χ1n) is 6.73. The van der Waals surface area contributed by atoms with Crippen molar-refractivity contribution in [1.82, 2.24) is 5.32 Å². The quantitative estimate of drug-likeness (QED) is 0.837. The Hall–Kier alpha value is -2.52. The lowest BCUT2D eigenvalue weighted by Gasteiger charge is -2.26. The number of benzene rings is 1. The number of sulfonamides is 1. The molecule has 3 rings (SSSR count). The minimum absolute atomic E-state index is 0.147. The Kier molecular flexibility index (Phi) is 3.97. The van der Waals surface area contributed by atoms with Crippen molar-refractivity contribution < 1.29 is 27.1 Å². The van der Waals surface area contributed by atoms with Crippen LogP contribution in [0.5, 0.6) is 11.5 Å². The number of nitrogens with one attached hydrogen (secondary N) is 1. The summed E-state index contributed by atoms with van der Waals surface area (Å²) in [7, 11) is -3.98. The fraction of sp³-hybridized carbons (Fsp3) is 0.214. The average Bonchev–Trinajstić information content (AvgIpc) is 3.02. The molecule has 1 aliphatic rings. The summed E-state index contributed by atoms with van der Waals surface area (Å²) in [5, 5.41) is 7.04. The van der Waals surface area contributed by atoms with Gasteiger partial charge in [-0.2, -0.15) is 0 Å². The van der Waals surface area contributed by atoms with E-state index in [1.165, 1.54) is 6.07 Å². The second kappa shape index (κ2) is 5.94. The molecule has 23 heavy (non-hydrogen) atoms. The van der Waals surface area contributed by atoms with Crippen molar-refractivity contribution in [3.63, 3.8) is 0 Å². The zero-order valence-electron chi connectivity index (χ0n) is 11.9. The Morgan fingerprint density at radius 3 is 2.65 bits per heavy atom. The van der Waals surface area contributed by atoms with E-state index in [1.807, 2.05) is 12.1 Å². The Balaban J connectivity index is 1.59. The third kappa shape index (κ3) is 3.46. The average molecular weight is 338 g/mol. The van der Waals surface area contributed by atoms with E-state index in [0.29, 0.717) is 11.5 Å². The van der Waals surface area contributed by atoms with Crippen LogP contribution >= 0.6 is 0 Å². The number of primary sulfonamides is 1. The molecule has 122 valence electrons. The molecule has 2 aromatic rings. The normalized spacial score (nSPS) is 16.8. The largest absolute Gasteiger partial charge is 0.486 e. The van der Waals surface area contributed by atoms with Crippen LogP contribution in [-0.2, 0) is 10.0 Å². The molecule has 0 spiro atoms. The molecule has 1 aromatic heterocycles. The second-order valence-corrected chi connectivity index (χ2v) is 6.36. The van der Waals surface area contributed by atoms with Crippen molar-refractivity contribution in [2.45, 2.75) is 11.2 Å². The van der Waals surface area contributed by atoms with Crippen molar-refractivity contribution in [2.75, 3.05) is 13.2 Å². The summed E-state index contributed by atoms with van der Waals surface area (Å²) < 4.78 is 38.3. The predicted molar refractivity (Wildman–Crippen MR) is 78.8 cm³/mol. The molecule has 0 fully saturated rings. The zero-order chi connectivity index (χ0) is 16.4. The number of para-hydroxylation sites is 2. The molecule has 3 N–H and O–H groups in total. The van der Waals surface area contributed by atoms with E-state index in [2.05, 4.69) is 5.32 Å². The number of hydrogen-bond acceptors (Lipinski definition) is 6. The first-order valence-corrected chi connectivity index (χ1v) is 8.27. The summed E-state index contributed by atoms with van der Waals surface area (Å²) >= 11 is 0. The van der Waals surface area contributed by atoms with Gasteiger partial charge in [-0.15, -0.1) is 0 Å². The number of rotatable bonds is 4. The molecular formula is C14H14N2O6S. The van der Waals surface area contributed by atoms with Crippen LogP contribution in [0.4, 0.5) is 0 Å². The van der Waals surface area contributed by atoms with Crippen molar-refractivity contribution in [1.29, 1.82) is 0 Å². The van der Waals surface area contributed by atoms with Crippen LogP contribution < -0.4 is 19.9 Å². The van der Waals surface area contributed by atoms with Gasteiger partial charge in [0, 0.05) is 0 Å². The van der Waals surface area contributed by atoms with Crippen LogP contribution in [-0.4, -0.2) is 33.6 Å². The monoisotopic (exact) mass is 338 g/mol. The van der Waals surface area contributed by atoms with Gasteiger partial charge in [-0.25, -0.2) is 13.6 Å². The lowest BCUT2D eigenvalue weighted by atomic mass is 10.2. The summed E-state index contributed by atoms with van der Waals surface area (Å²) in [6.07, 6.45) is -0.360. The van der Waals surface area contributed by atoms with Crippen LogP contribution in [0.3, 0.4) is 0 Å². The Bertz CT molecular complexity index is 829. The lowest BCUT2D eigenvalue weighted by molar-refractivity contribution is 0.0770. The minimum Gasteiger partial charge on any atom is -0.486 e. The highest BCUT2D eigenvalue weighted by molar-refractivity contribution is 7.89. The van der Waals surface area contributed by atoms with Crippen molar-refractivity contribution in [3.05, 3.63) is 42.2 Å².